The van der Waals surface area contributed by atoms with Crippen LogP contribution in [0.2, 0.25) is 0 Å². The Balaban J connectivity index is 2.15. The summed E-state index contributed by atoms with van der Waals surface area (Å²) in [6, 6.07) is 8.80. The smallest absolute Gasteiger partial charge is 0.100 e. The topological polar surface area (TPSA) is 27.0 Å². The van der Waals surface area contributed by atoms with Crippen molar-refractivity contribution in [3.63, 3.8) is 0 Å². The highest BCUT2D eigenvalue weighted by Gasteiger charge is 2.22. The van der Waals surface area contributed by atoms with Crippen LogP contribution in [-0.2, 0) is 0 Å². The summed E-state index contributed by atoms with van der Waals surface area (Å²) in [6.07, 6.45) is 5.24. The van der Waals surface area contributed by atoms with Crippen molar-refractivity contribution in [3.8, 4) is 6.07 Å². The molecule has 96 valence electrons. The largest absolute Gasteiger partial charge is 0.372 e. The highest BCUT2D eigenvalue weighted by Crippen LogP contribution is 2.31. The van der Waals surface area contributed by atoms with Gasteiger partial charge in [0.2, 0.25) is 0 Å². The van der Waals surface area contributed by atoms with Crippen LogP contribution in [0.15, 0.2) is 22.7 Å². The molecule has 0 spiro atoms. The third-order valence-electron chi connectivity index (χ3n) is 3.94. The predicted octanol–water partition coefficient (Wildman–Crippen LogP) is 4.34. The maximum atomic E-state index is 8.94. The lowest BCUT2D eigenvalue weighted by molar-refractivity contribution is 0.336. The number of anilines is 1. The quantitative estimate of drug-likeness (QED) is 0.813. The van der Waals surface area contributed by atoms with Crippen molar-refractivity contribution in [1.29, 1.82) is 5.26 Å². The SMILES string of the molecule is CC1CCCC(N(C)c2ccc(C#N)c(Br)c2)C1. The van der Waals surface area contributed by atoms with Gasteiger partial charge in [0.25, 0.3) is 0 Å². The van der Waals surface area contributed by atoms with E-state index in [2.05, 4.69) is 46.9 Å². The molecule has 0 N–H and O–H groups in total. The zero-order valence-electron chi connectivity index (χ0n) is 11.0. The molecular formula is C15H19BrN2. The third-order valence-corrected chi connectivity index (χ3v) is 4.59. The Morgan fingerprint density at radius 3 is 2.78 bits per heavy atom. The minimum absolute atomic E-state index is 0.633. The van der Waals surface area contributed by atoms with Crippen LogP contribution in [0.3, 0.4) is 0 Å². The Bertz CT molecular complexity index is 464. The molecule has 0 radical (unpaired) electrons. The fourth-order valence-corrected chi connectivity index (χ4v) is 3.23. The van der Waals surface area contributed by atoms with Gasteiger partial charge in [0.15, 0.2) is 0 Å². The number of nitrogens with zero attached hydrogens (tertiary/aromatic N) is 2. The maximum absolute atomic E-state index is 8.94. The Morgan fingerprint density at radius 1 is 1.39 bits per heavy atom. The second-order valence-electron chi connectivity index (χ2n) is 5.31. The van der Waals surface area contributed by atoms with Crippen LogP contribution in [0.1, 0.15) is 38.2 Å². The van der Waals surface area contributed by atoms with Crippen molar-refractivity contribution in [2.24, 2.45) is 5.92 Å². The van der Waals surface area contributed by atoms with Gasteiger partial charge in [-0.1, -0.05) is 19.8 Å². The lowest BCUT2D eigenvalue weighted by atomic mass is 9.86. The van der Waals surface area contributed by atoms with Crippen LogP contribution in [-0.4, -0.2) is 13.1 Å². The van der Waals surface area contributed by atoms with E-state index in [0.717, 1.165) is 10.4 Å². The zero-order chi connectivity index (χ0) is 13.1. The van der Waals surface area contributed by atoms with E-state index in [4.69, 9.17) is 5.26 Å². The molecule has 2 unspecified atom stereocenters. The number of rotatable bonds is 2. The van der Waals surface area contributed by atoms with Gasteiger partial charge < -0.3 is 4.90 Å². The van der Waals surface area contributed by atoms with E-state index < -0.39 is 0 Å². The summed E-state index contributed by atoms with van der Waals surface area (Å²) in [5.41, 5.74) is 1.89. The van der Waals surface area contributed by atoms with E-state index in [1.165, 1.54) is 31.4 Å². The number of hydrogen-bond donors (Lipinski definition) is 0. The standard InChI is InChI=1S/C15H19BrN2/c1-11-4-3-5-13(8-11)18(2)14-7-6-12(10-17)15(16)9-14/h6-7,9,11,13H,3-5,8H2,1-2H3. The molecule has 2 nitrogen and oxygen atoms in total. The first kappa shape index (κ1) is 13.4. The van der Waals surface area contributed by atoms with Crippen LogP contribution in [0, 0.1) is 17.2 Å². The van der Waals surface area contributed by atoms with Crippen LogP contribution in [0.4, 0.5) is 5.69 Å². The summed E-state index contributed by atoms with van der Waals surface area (Å²) in [6.45, 7) is 2.34. The van der Waals surface area contributed by atoms with Crippen molar-refractivity contribution < 1.29 is 0 Å². The Kier molecular flexibility index (Phi) is 4.29. The van der Waals surface area contributed by atoms with E-state index in [1.807, 2.05) is 12.1 Å². The molecule has 0 amide bonds. The summed E-state index contributed by atoms with van der Waals surface area (Å²) in [7, 11) is 2.16. The normalized spacial score (nSPS) is 23.4. The summed E-state index contributed by atoms with van der Waals surface area (Å²) >= 11 is 3.46. The van der Waals surface area contributed by atoms with Gasteiger partial charge in [-0.2, -0.15) is 5.26 Å². The minimum atomic E-state index is 0.633. The lowest BCUT2D eigenvalue weighted by Gasteiger charge is -2.35. The average molecular weight is 307 g/mol. The van der Waals surface area contributed by atoms with Crippen molar-refractivity contribution in [1.82, 2.24) is 0 Å². The molecule has 3 heteroatoms. The number of halogens is 1. The van der Waals surface area contributed by atoms with Gasteiger partial charge in [-0.25, -0.2) is 0 Å². The molecule has 0 aliphatic heterocycles. The van der Waals surface area contributed by atoms with Gasteiger partial charge in [-0.15, -0.1) is 0 Å². The number of hydrogen-bond acceptors (Lipinski definition) is 2. The fourth-order valence-electron chi connectivity index (χ4n) is 2.78. The van der Waals surface area contributed by atoms with Crippen LogP contribution in [0.5, 0.6) is 0 Å². The van der Waals surface area contributed by atoms with Gasteiger partial charge >= 0.3 is 0 Å². The number of nitriles is 1. The third kappa shape index (κ3) is 2.87. The van der Waals surface area contributed by atoms with Crippen LogP contribution < -0.4 is 4.90 Å². The molecule has 1 aromatic rings. The Morgan fingerprint density at radius 2 is 2.17 bits per heavy atom. The first-order valence-electron chi connectivity index (χ1n) is 6.54. The van der Waals surface area contributed by atoms with Crippen molar-refractivity contribution in [2.75, 3.05) is 11.9 Å². The molecule has 0 heterocycles. The van der Waals surface area contributed by atoms with Crippen molar-refractivity contribution in [2.45, 2.75) is 38.6 Å². The zero-order valence-corrected chi connectivity index (χ0v) is 12.6. The summed E-state index contributed by atoms with van der Waals surface area (Å²) in [5, 5.41) is 8.94. The van der Waals surface area contributed by atoms with Crippen molar-refractivity contribution in [3.05, 3.63) is 28.2 Å². The molecular weight excluding hydrogens is 288 g/mol. The summed E-state index contributed by atoms with van der Waals surface area (Å²) in [4.78, 5) is 2.36. The molecule has 1 fully saturated rings. The van der Waals surface area contributed by atoms with E-state index in [9.17, 15) is 0 Å². The fraction of sp³-hybridized carbons (Fsp3) is 0.533. The Labute approximate surface area is 118 Å². The average Bonchev–Trinajstić information content (AvgIpc) is 2.37. The van der Waals surface area contributed by atoms with Crippen LogP contribution >= 0.6 is 15.9 Å². The summed E-state index contributed by atoms with van der Waals surface area (Å²) in [5.74, 6) is 0.827. The predicted molar refractivity (Wildman–Crippen MR) is 78.7 cm³/mol. The van der Waals surface area contributed by atoms with Gasteiger partial charge in [-0.3, -0.25) is 0 Å². The molecule has 1 aliphatic rings. The van der Waals surface area contributed by atoms with E-state index in [-0.39, 0.29) is 0 Å². The second-order valence-corrected chi connectivity index (χ2v) is 6.17. The second kappa shape index (κ2) is 5.75. The van der Waals surface area contributed by atoms with E-state index in [0.29, 0.717) is 11.6 Å². The molecule has 1 aliphatic carbocycles. The highest BCUT2D eigenvalue weighted by molar-refractivity contribution is 9.10. The minimum Gasteiger partial charge on any atom is -0.372 e. The van der Waals surface area contributed by atoms with Gasteiger partial charge in [0.05, 0.1) is 5.56 Å². The lowest BCUT2D eigenvalue weighted by Crippen LogP contribution is -2.35. The molecule has 1 saturated carbocycles. The van der Waals surface area contributed by atoms with E-state index >= 15 is 0 Å². The first-order chi connectivity index (χ1) is 8.61. The van der Waals surface area contributed by atoms with Crippen LogP contribution in [0.25, 0.3) is 0 Å². The maximum Gasteiger partial charge on any atom is 0.100 e. The van der Waals surface area contributed by atoms with Gasteiger partial charge in [0.1, 0.15) is 6.07 Å². The molecule has 1 aromatic carbocycles. The molecule has 2 rings (SSSR count). The van der Waals surface area contributed by atoms with E-state index in [1.54, 1.807) is 0 Å². The molecule has 18 heavy (non-hydrogen) atoms. The number of benzene rings is 1. The Hall–Kier alpha value is -1.01. The monoisotopic (exact) mass is 306 g/mol. The summed E-state index contributed by atoms with van der Waals surface area (Å²) < 4.78 is 0.887. The molecule has 0 saturated heterocycles. The highest BCUT2D eigenvalue weighted by atomic mass is 79.9. The van der Waals surface area contributed by atoms with Crippen molar-refractivity contribution >= 4 is 21.6 Å². The molecule has 0 aromatic heterocycles. The molecule has 0 bridgehead atoms. The first-order valence-corrected chi connectivity index (χ1v) is 7.33. The molecule has 2 atom stereocenters. The van der Waals surface area contributed by atoms with Gasteiger partial charge in [0, 0.05) is 23.2 Å². The van der Waals surface area contributed by atoms with Gasteiger partial charge in [-0.05, 0) is 52.9 Å².